The van der Waals surface area contributed by atoms with Crippen molar-refractivity contribution in [2.24, 2.45) is 5.92 Å². The number of carbonyl (C=O) groups is 1. The zero-order valence-corrected chi connectivity index (χ0v) is 12.9. The number of hydrogen-bond acceptors (Lipinski definition) is 2. The molecule has 1 N–H and O–H groups in total. The van der Waals surface area contributed by atoms with E-state index in [0.29, 0.717) is 6.54 Å². The molecule has 0 aromatic heterocycles. The van der Waals surface area contributed by atoms with Crippen LogP contribution in [0.3, 0.4) is 0 Å². The number of carbonyl (C=O) groups excluding carboxylic acids is 1. The summed E-state index contributed by atoms with van der Waals surface area (Å²) in [6.45, 7) is 6.44. The van der Waals surface area contributed by atoms with Crippen molar-refractivity contribution in [1.29, 1.82) is 0 Å². The topological polar surface area (TPSA) is 32.3 Å². The fourth-order valence-corrected chi connectivity index (χ4v) is 2.68. The molecule has 1 amide bonds. The Balaban J connectivity index is 1.81. The molecule has 1 aromatic carbocycles. The molecule has 1 aliphatic heterocycles. The Kier molecular flexibility index (Phi) is 5.74. The smallest absolute Gasteiger partial charge is 0.223 e. The summed E-state index contributed by atoms with van der Waals surface area (Å²) in [5.74, 6) is 0.139. The minimum Gasteiger partial charge on any atom is -0.353 e. The molecule has 0 saturated carbocycles. The van der Waals surface area contributed by atoms with Crippen molar-refractivity contribution in [1.82, 2.24) is 10.2 Å². The van der Waals surface area contributed by atoms with E-state index >= 15 is 0 Å². The Morgan fingerprint density at radius 2 is 2.05 bits per heavy atom. The summed E-state index contributed by atoms with van der Waals surface area (Å²) in [7, 11) is 0. The number of nitrogens with one attached hydrogen (secondary N) is 1. The highest BCUT2D eigenvalue weighted by Crippen LogP contribution is 2.20. The third-order valence-electron chi connectivity index (χ3n) is 4.31. The van der Waals surface area contributed by atoms with Crippen LogP contribution < -0.4 is 5.32 Å². The number of halogens is 1. The van der Waals surface area contributed by atoms with E-state index in [1.165, 1.54) is 6.07 Å². The highest BCUT2D eigenvalue weighted by atomic mass is 19.1. The zero-order valence-electron chi connectivity index (χ0n) is 12.9. The Bertz CT molecular complexity index is 470. The van der Waals surface area contributed by atoms with Gasteiger partial charge in [0.15, 0.2) is 0 Å². The van der Waals surface area contributed by atoms with E-state index in [1.807, 2.05) is 19.1 Å². The predicted molar refractivity (Wildman–Crippen MR) is 82.3 cm³/mol. The fourth-order valence-electron chi connectivity index (χ4n) is 2.68. The summed E-state index contributed by atoms with van der Waals surface area (Å²) in [5.41, 5.74) is 0.736. The van der Waals surface area contributed by atoms with Gasteiger partial charge < -0.3 is 5.32 Å². The molecule has 1 fully saturated rings. The number of likely N-dealkylation sites (tertiary alicyclic amines) is 1. The van der Waals surface area contributed by atoms with Gasteiger partial charge in [0.1, 0.15) is 5.82 Å². The zero-order chi connectivity index (χ0) is 15.2. The van der Waals surface area contributed by atoms with Crippen molar-refractivity contribution in [3.8, 4) is 0 Å². The molecule has 0 aliphatic carbocycles. The normalized spacial score (nSPS) is 18.4. The molecule has 3 nitrogen and oxygen atoms in total. The second-order valence-corrected chi connectivity index (χ2v) is 5.96. The Morgan fingerprint density at radius 1 is 1.38 bits per heavy atom. The lowest BCUT2D eigenvalue weighted by molar-refractivity contribution is -0.127. The van der Waals surface area contributed by atoms with Gasteiger partial charge in [-0.15, -0.1) is 0 Å². The number of benzene rings is 1. The number of rotatable bonds is 5. The maximum absolute atomic E-state index is 13.6. The third-order valence-corrected chi connectivity index (χ3v) is 4.31. The van der Waals surface area contributed by atoms with E-state index in [2.05, 4.69) is 17.1 Å². The number of piperidine rings is 1. The van der Waals surface area contributed by atoms with Crippen LogP contribution in [0, 0.1) is 11.7 Å². The van der Waals surface area contributed by atoms with Crippen LogP contribution in [0.1, 0.15) is 38.7 Å². The van der Waals surface area contributed by atoms with Crippen LogP contribution >= 0.6 is 0 Å². The molecule has 1 saturated heterocycles. The number of amides is 1. The molecule has 0 spiro atoms. The SMILES string of the molecule is CC[C@@H](C)NC(=O)C1CCN(Cc2ccccc2F)CC1. The van der Waals surface area contributed by atoms with E-state index in [0.717, 1.165) is 37.9 Å². The maximum atomic E-state index is 13.6. The molecule has 0 radical (unpaired) electrons. The van der Waals surface area contributed by atoms with E-state index in [-0.39, 0.29) is 23.7 Å². The molecular weight excluding hydrogens is 267 g/mol. The average Bonchev–Trinajstić information content (AvgIpc) is 2.50. The summed E-state index contributed by atoms with van der Waals surface area (Å²) in [6.07, 6.45) is 2.67. The quantitative estimate of drug-likeness (QED) is 0.905. The van der Waals surface area contributed by atoms with Gasteiger partial charge in [0.05, 0.1) is 0 Å². The van der Waals surface area contributed by atoms with Gasteiger partial charge >= 0.3 is 0 Å². The number of hydrogen-bond donors (Lipinski definition) is 1. The van der Waals surface area contributed by atoms with E-state index in [4.69, 9.17) is 0 Å². The number of nitrogens with zero attached hydrogens (tertiary/aromatic N) is 1. The lowest BCUT2D eigenvalue weighted by Gasteiger charge is -2.31. The van der Waals surface area contributed by atoms with E-state index in [9.17, 15) is 9.18 Å². The highest BCUT2D eigenvalue weighted by Gasteiger charge is 2.25. The van der Waals surface area contributed by atoms with Gasteiger partial charge in [-0.25, -0.2) is 4.39 Å². The Morgan fingerprint density at radius 3 is 2.67 bits per heavy atom. The van der Waals surface area contributed by atoms with Crippen LogP contribution in [-0.2, 0) is 11.3 Å². The van der Waals surface area contributed by atoms with Crippen molar-refractivity contribution in [3.05, 3.63) is 35.6 Å². The second-order valence-electron chi connectivity index (χ2n) is 5.96. The fraction of sp³-hybridized carbons (Fsp3) is 0.588. The first-order valence-electron chi connectivity index (χ1n) is 7.86. The van der Waals surface area contributed by atoms with Crippen molar-refractivity contribution in [3.63, 3.8) is 0 Å². The lowest BCUT2D eigenvalue weighted by atomic mass is 9.95. The first-order valence-corrected chi connectivity index (χ1v) is 7.86. The lowest BCUT2D eigenvalue weighted by Crippen LogP contribution is -2.42. The average molecular weight is 292 g/mol. The monoisotopic (exact) mass is 292 g/mol. The highest BCUT2D eigenvalue weighted by molar-refractivity contribution is 5.79. The Labute approximate surface area is 126 Å². The van der Waals surface area contributed by atoms with Crippen LogP contribution in [0.4, 0.5) is 4.39 Å². The molecule has 116 valence electrons. The first-order chi connectivity index (χ1) is 10.1. The Hall–Kier alpha value is -1.42. The second kappa shape index (κ2) is 7.55. The van der Waals surface area contributed by atoms with Gasteiger partial charge in [0.25, 0.3) is 0 Å². The predicted octanol–water partition coefficient (Wildman–Crippen LogP) is 2.95. The molecule has 0 unspecified atom stereocenters. The molecule has 1 heterocycles. The molecule has 21 heavy (non-hydrogen) atoms. The molecule has 0 bridgehead atoms. The van der Waals surface area contributed by atoms with Gasteiger partial charge in [0, 0.05) is 24.1 Å². The van der Waals surface area contributed by atoms with Gasteiger partial charge in [-0.05, 0) is 45.3 Å². The molecule has 2 rings (SSSR count). The first kappa shape index (κ1) is 16.0. The summed E-state index contributed by atoms with van der Waals surface area (Å²) in [4.78, 5) is 14.3. The van der Waals surface area contributed by atoms with Crippen molar-refractivity contribution in [2.75, 3.05) is 13.1 Å². The van der Waals surface area contributed by atoms with Crippen LogP contribution in [0.15, 0.2) is 24.3 Å². The summed E-state index contributed by atoms with van der Waals surface area (Å²) in [5, 5.41) is 3.06. The molecular formula is C17H25FN2O. The molecule has 1 aromatic rings. The van der Waals surface area contributed by atoms with Crippen LogP contribution in [0.2, 0.25) is 0 Å². The van der Waals surface area contributed by atoms with Crippen LogP contribution in [0.25, 0.3) is 0 Å². The van der Waals surface area contributed by atoms with Crippen molar-refractivity contribution >= 4 is 5.91 Å². The van der Waals surface area contributed by atoms with Crippen LogP contribution in [-0.4, -0.2) is 29.9 Å². The maximum Gasteiger partial charge on any atom is 0.223 e. The van der Waals surface area contributed by atoms with Crippen molar-refractivity contribution < 1.29 is 9.18 Å². The van der Waals surface area contributed by atoms with Gasteiger partial charge in [-0.2, -0.15) is 0 Å². The minimum atomic E-state index is -0.144. The van der Waals surface area contributed by atoms with Gasteiger partial charge in [-0.3, -0.25) is 9.69 Å². The summed E-state index contributed by atoms with van der Waals surface area (Å²) in [6, 6.07) is 7.15. The van der Waals surface area contributed by atoms with Crippen LogP contribution in [0.5, 0.6) is 0 Å². The van der Waals surface area contributed by atoms with E-state index in [1.54, 1.807) is 6.07 Å². The molecule has 1 aliphatic rings. The molecule has 4 heteroatoms. The van der Waals surface area contributed by atoms with E-state index < -0.39 is 0 Å². The third kappa shape index (κ3) is 4.53. The van der Waals surface area contributed by atoms with Gasteiger partial charge in [0.2, 0.25) is 5.91 Å². The largest absolute Gasteiger partial charge is 0.353 e. The van der Waals surface area contributed by atoms with Gasteiger partial charge in [-0.1, -0.05) is 25.1 Å². The summed E-state index contributed by atoms with van der Waals surface area (Å²) < 4.78 is 13.6. The summed E-state index contributed by atoms with van der Waals surface area (Å²) >= 11 is 0. The molecule has 1 atom stereocenters. The van der Waals surface area contributed by atoms with Crippen molar-refractivity contribution in [2.45, 2.75) is 45.7 Å². The minimum absolute atomic E-state index is 0.107. The standard InChI is InChI=1S/C17H25FN2O/c1-3-13(2)19-17(21)14-8-10-20(11-9-14)12-15-6-4-5-7-16(15)18/h4-7,13-14H,3,8-12H2,1-2H3,(H,19,21)/t13-/m1/s1.